The molecule has 0 atom stereocenters. The zero-order chi connectivity index (χ0) is 16.2. The fraction of sp³-hybridized carbons (Fsp3) is 0.556. The van der Waals surface area contributed by atoms with Crippen LogP contribution in [0.2, 0.25) is 0 Å². The molecule has 0 saturated heterocycles. The van der Waals surface area contributed by atoms with Crippen LogP contribution in [-0.4, -0.2) is 18.7 Å². The molecule has 0 aliphatic rings. The summed E-state index contributed by atoms with van der Waals surface area (Å²) in [6.07, 6.45) is 7.61. The molecule has 0 spiro atoms. The molecule has 1 N–H and O–H groups in total. The highest BCUT2D eigenvalue weighted by Gasteiger charge is 2.02. The number of nitrogens with one attached hydrogen (secondary N) is 1. The van der Waals surface area contributed by atoms with Gasteiger partial charge < -0.3 is 4.74 Å². The van der Waals surface area contributed by atoms with E-state index in [9.17, 15) is 4.79 Å². The van der Waals surface area contributed by atoms with Gasteiger partial charge in [0.15, 0.2) is 0 Å². The average Bonchev–Trinajstić information content (AvgIpc) is 2.55. The summed E-state index contributed by atoms with van der Waals surface area (Å²) in [5, 5.41) is 4.16. The van der Waals surface area contributed by atoms with Crippen LogP contribution >= 0.6 is 0 Å². The summed E-state index contributed by atoms with van der Waals surface area (Å²) in [6.45, 7) is 4.08. The number of hydrogen-bond acceptors (Lipinski definition) is 3. The van der Waals surface area contributed by atoms with Crippen LogP contribution in [0, 0.1) is 0 Å². The molecule has 0 bridgehead atoms. The third-order valence-electron chi connectivity index (χ3n) is 3.59. The number of unbranched alkanes of at least 4 members (excludes halogenated alkanes) is 5. The Kier molecular flexibility index (Phi) is 8.96. The van der Waals surface area contributed by atoms with Crippen LogP contribution in [0.25, 0.3) is 0 Å². The number of hydrazone groups is 1. The van der Waals surface area contributed by atoms with E-state index in [0.717, 1.165) is 29.9 Å². The van der Waals surface area contributed by atoms with Gasteiger partial charge in [-0.25, -0.2) is 5.43 Å². The molecule has 0 aliphatic carbocycles. The quantitative estimate of drug-likeness (QED) is 0.398. The molecule has 0 fully saturated rings. The van der Waals surface area contributed by atoms with Gasteiger partial charge in [0.05, 0.1) is 12.8 Å². The Bertz CT molecular complexity index is 484. The predicted molar refractivity (Wildman–Crippen MR) is 91.3 cm³/mol. The van der Waals surface area contributed by atoms with Crippen LogP contribution < -0.4 is 10.2 Å². The number of hydrogen-bond donors (Lipinski definition) is 1. The third-order valence-corrected chi connectivity index (χ3v) is 3.59. The molecule has 4 heteroatoms. The van der Waals surface area contributed by atoms with E-state index in [1.54, 1.807) is 7.11 Å². The zero-order valence-corrected chi connectivity index (χ0v) is 14.0. The number of ether oxygens (including phenoxy) is 1. The zero-order valence-electron chi connectivity index (χ0n) is 14.0. The van der Waals surface area contributed by atoms with Crippen LogP contribution in [0.4, 0.5) is 0 Å². The Morgan fingerprint density at radius 1 is 1.18 bits per heavy atom. The van der Waals surface area contributed by atoms with Gasteiger partial charge in [-0.3, -0.25) is 4.79 Å². The lowest BCUT2D eigenvalue weighted by atomic mass is 10.1. The molecular weight excluding hydrogens is 276 g/mol. The lowest BCUT2D eigenvalue weighted by Crippen LogP contribution is -2.18. The maximum absolute atomic E-state index is 11.7. The molecule has 0 unspecified atom stereocenters. The molecule has 0 heterocycles. The predicted octanol–water partition coefficient (Wildman–Crippen LogP) is 4.29. The maximum atomic E-state index is 11.7. The minimum absolute atomic E-state index is 0.0160. The van der Waals surface area contributed by atoms with Gasteiger partial charge in [0.25, 0.3) is 0 Å². The van der Waals surface area contributed by atoms with E-state index >= 15 is 0 Å². The van der Waals surface area contributed by atoms with Gasteiger partial charge in [0, 0.05) is 12.0 Å². The smallest absolute Gasteiger partial charge is 0.240 e. The number of nitrogens with zero attached hydrogens (tertiary/aromatic N) is 1. The number of carbonyl (C=O) groups is 1. The van der Waals surface area contributed by atoms with Crippen molar-refractivity contribution >= 4 is 11.6 Å². The monoisotopic (exact) mass is 304 g/mol. The summed E-state index contributed by atoms with van der Waals surface area (Å²) < 4.78 is 5.18. The number of benzene rings is 1. The van der Waals surface area contributed by atoms with E-state index in [0.29, 0.717) is 6.42 Å². The van der Waals surface area contributed by atoms with E-state index in [4.69, 9.17) is 4.74 Å². The first-order chi connectivity index (χ1) is 10.7. The van der Waals surface area contributed by atoms with E-state index in [-0.39, 0.29) is 5.91 Å². The summed E-state index contributed by atoms with van der Waals surface area (Å²) in [5.41, 5.74) is 4.35. The van der Waals surface area contributed by atoms with Crippen molar-refractivity contribution in [3.8, 4) is 5.75 Å². The standard InChI is InChI=1S/C18H28N2O2/c1-4-5-6-7-8-9-13-18(21)20-19-15(2)16-11-10-12-17(14-16)22-3/h10-12,14H,4-9,13H2,1-3H3,(H,20,21)/b19-15+. The van der Waals surface area contributed by atoms with Crippen molar-refractivity contribution in [3.63, 3.8) is 0 Å². The van der Waals surface area contributed by atoms with Gasteiger partial charge in [-0.15, -0.1) is 0 Å². The Hall–Kier alpha value is -1.84. The molecule has 1 rings (SSSR count). The molecule has 0 saturated carbocycles. The van der Waals surface area contributed by atoms with Crippen LogP contribution in [0.15, 0.2) is 29.4 Å². The largest absolute Gasteiger partial charge is 0.497 e. The van der Waals surface area contributed by atoms with Crippen molar-refractivity contribution in [2.75, 3.05) is 7.11 Å². The number of rotatable bonds is 10. The molecule has 1 aromatic rings. The van der Waals surface area contributed by atoms with Crippen molar-refractivity contribution in [1.29, 1.82) is 0 Å². The summed E-state index contributed by atoms with van der Waals surface area (Å²) in [4.78, 5) is 11.7. The molecule has 22 heavy (non-hydrogen) atoms. The normalized spacial score (nSPS) is 11.3. The second kappa shape index (κ2) is 10.8. The number of amides is 1. The molecule has 1 aromatic carbocycles. The lowest BCUT2D eigenvalue weighted by molar-refractivity contribution is -0.121. The second-order valence-electron chi connectivity index (χ2n) is 5.48. The first-order valence-corrected chi connectivity index (χ1v) is 8.15. The highest BCUT2D eigenvalue weighted by Crippen LogP contribution is 2.13. The van der Waals surface area contributed by atoms with Crippen LogP contribution in [-0.2, 0) is 4.79 Å². The van der Waals surface area contributed by atoms with E-state index in [1.807, 2.05) is 31.2 Å². The van der Waals surface area contributed by atoms with Gasteiger partial charge >= 0.3 is 0 Å². The summed E-state index contributed by atoms with van der Waals surface area (Å²) >= 11 is 0. The van der Waals surface area contributed by atoms with Crippen LogP contribution in [0.1, 0.15) is 64.4 Å². The van der Waals surface area contributed by atoms with E-state index in [1.165, 1.54) is 25.7 Å². The average molecular weight is 304 g/mol. The summed E-state index contributed by atoms with van der Waals surface area (Å²) in [7, 11) is 1.63. The van der Waals surface area contributed by atoms with Gasteiger partial charge in [-0.1, -0.05) is 51.2 Å². The maximum Gasteiger partial charge on any atom is 0.240 e. The Morgan fingerprint density at radius 3 is 2.64 bits per heavy atom. The Morgan fingerprint density at radius 2 is 1.91 bits per heavy atom. The fourth-order valence-electron chi connectivity index (χ4n) is 2.18. The molecular formula is C18H28N2O2. The van der Waals surface area contributed by atoms with Crippen molar-refractivity contribution in [2.45, 2.75) is 58.8 Å². The SMILES string of the molecule is CCCCCCCCC(=O)N/N=C(\C)c1cccc(OC)c1. The van der Waals surface area contributed by atoms with Gasteiger partial charge in [-0.2, -0.15) is 5.10 Å². The van der Waals surface area contributed by atoms with Gasteiger partial charge in [-0.05, 0) is 25.5 Å². The van der Waals surface area contributed by atoms with Gasteiger partial charge in [0.1, 0.15) is 5.75 Å². The van der Waals surface area contributed by atoms with E-state index in [2.05, 4.69) is 17.5 Å². The van der Waals surface area contributed by atoms with E-state index < -0.39 is 0 Å². The molecule has 1 amide bonds. The molecule has 4 nitrogen and oxygen atoms in total. The molecule has 122 valence electrons. The fourth-order valence-corrected chi connectivity index (χ4v) is 2.18. The van der Waals surface area contributed by atoms with Crippen molar-refractivity contribution < 1.29 is 9.53 Å². The van der Waals surface area contributed by atoms with Crippen molar-refractivity contribution in [2.24, 2.45) is 5.10 Å². The second-order valence-corrected chi connectivity index (χ2v) is 5.48. The minimum Gasteiger partial charge on any atom is -0.497 e. The highest BCUT2D eigenvalue weighted by atomic mass is 16.5. The Balaban J connectivity index is 2.31. The summed E-state index contributed by atoms with van der Waals surface area (Å²) in [6, 6.07) is 7.64. The minimum atomic E-state index is -0.0160. The first-order valence-electron chi connectivity index (χ1n) is 8.15. The molecule has 0 aliphatic heterocycles. The Labute approximate surface area is 134 Å². The summed E-state index contributed by atoms with van der Waals surface area (Å²) in [5.74, 6) is 0.767. The van der Waals surface area contributed by atoms with Gasteiger partial charge in [0.2, 0.25) is 5.91 Å². The number of methoxy groups -OCH3 is 1. The van der Waals surface area contributed by atoms with Crippen molar-refractivity contribution in [1.82, 2.24) is 5.43 Å². The van der Waals surface area contributed by atoms with Crippen LogP contribution in [0.3, 0.4) is 0 Å². The topological polar surface area (TPSA) is 50.7 Å². The number of carbonyl (C=O) groups excluding carboxylic acids is 1. The lowest BCUT2D eigenvalue weighted by Gasteiger charge is -2.05. The van der Waals surface area contributed by atoms with Crippen LogP contribution in [0.5, 0.6) is 5.75 Å². The van der Waals surface area contributed by atoms with Crippen molar-refractivity contribution in [3.05, 3.63) is 29.8 Å². The third kappa shape index (κ3) is 7.25. The first kappa shape index (κ1) is 18.2. The highest BCUT2D eigenvalue weighted by molar-refractivity contribution is 5.99. The molecule has 0 aromatic heterocycles. The molecule has 0 radical (unpaired) electrons.